The second kappa shape index (κ2) is 8.70. The number of H-pyrrole nitrogens is 1. The largest absolute Gasteiger partial charge is 0.506 e. The maximum atomic E-state index is 14.7. The molecule has 7 heteroatoms. The van der Waals surface area contributed by atoms with Crippen molar-refractivity contribution in [1.82, 2.24) is 4.98 Å². The number of carboxylic acids is 1. The predicted octanol–water partition coefficient (Wildman–Crippen LogP) is 3.77. The van der Waals surface area contributed by atoms with Gasteiger partial charge >= 0.3 is 5.97 Å². The number of carboxylic acid groups (broad SMARTS) is 1. The first kappa shape index (κ1) is 20.5. The minimum atomic E-state index is -1.52. The third kappa shape index (κ3) is 3.97. The van der Waals surface area contributed by atoms with Gasteiger partial charge in [-0.2, -0.15) is 0 Å². The van der Waals surface area contributed by atoms with Crippen LogP contribution in [0.3, 0.4) is 0 Å². The summed E-state index contributed by atoms with van der Waals surface area (Å²) in [6, 6.07) is 4.72. The molecule has 146 valence electrons. The summed E-state index contributed by atoms with van der Waals surface area (Å²) >= 11 is 0. The highest BCUT2D eigenvalue weighted by Crippen LogP contribution is 2.33. The Morgan fingerprint density at radius 1 is 1.26 bits per heavy atom. The van der Waals surface area contributed by atoms with E-state index in [0.29, 0.717) is 0 Å². The van der Waals surface area contributed by atoms with E-state index in [1.807, 2.05) is 13.8 Å². The molecule has 0 aliphatic carbocycles. The zero-order chi connectivity index (χ0) is 20.1. The molecule has 2 heterocycles. The Morgan fingerprint density at radius 2 is 1.89 bits per heavy atom. The van der Waals surface area contributed by atoms with Crippen LogP contribution < -0.4 is 10.5 Å². The summed E-state index contributed by atoms with van der Waals surface area (Å²) in [6.45, 7) is 7.45. The Balaban J connectivity index is 0.00000126. The first-order valence-corrected chi connectivity index (χ1v) is 9.20. The van der Waals surface area contributed by atoms with Gasteiger partial charge in [-0.3, -0.25) is 4.79 Å². The van der Waals surface area contributed by atoms with E-state index in [1.165, 1.54) is 6.07 Å². The predicted molar refractivity (Wildman–Crippen MR) is 103 cm³/mol. The van der Waals surface area contributed by atoms with Crippen LogP contribution in [-0.4, -0.2) is 34.3 Å². The number of hydrogen-bond donors (Lipinski definition) is 3. The lowest BCUT2D eigenvalue weighted by atomic mass is 10.00. The van der Waals surface area contributed by atoms with Crippen molar-refractivity contribution in [3.05, 3.63) is 45.5 Å². The van der Waals surface area contributed by atoms with E-state index in [1.54, 1.807) is 19.1 Å². The van der Waals surface area contributed by atoms with Gasteiger partial charge in [0.1, 0.15) is 11.6 Å². The number of rotatable bonds is 4. The lowest BCUT2D eigenvalue weighted by Crippen LogP contribution is -2.20. The van der Waals surface area contributed by atoms with E-state index in [2.05, 4.69) is 9.88 Å². The van der Waals surface area contributed by atoms with Crippen LogP contribution >= 0.6 is 0 Å². The van der Waals surface area contributed by atoms with E-state index in [-0.39, 0.29) is 23.2 Å². The van der Waals surface area contributed by atoms with Crippen LogP contribution in [0.1, 0.15) is 49.5 Å². The second-order valence-corrected chi connectivity index (χ2v) is 6.05. The fraction of sp³-hybridized carbons (Fsp3) is 0.400. The van der Waals surface area contributed by atoms with Crippen molar-refractivity contribution >= 4 is 11.7 Å². The standard InChI is InChI=1S/C18H19FN2O4.C2H6/c1-2-11-15(20-17(23)14(16(11)22)18(24)25)12-6-5-10(9-13(12)19)21-7-3-4-8-21;1-2/h5-6,9H,2-4,7-8H2,1H3,(H,24,25)(H2,20,22,23);1-2H3. The molecule has 0 atom stereocenters. The van der Waals surface area contributed by atoms with Crippen LogP contribution in [0.4, 0.5) is 10.1 Å². The molecule has 1 aromatic heterocycles. The number of aromatic hydroxyl groups is 1. The third-order valence-electron chi connectivity index (χ3n) is 4.55. The molecule has 1 aliphatic heterocycles. The molecule has 0 unspecified atom stereocenters. The van der Waals surface area contributed by atoms with E-state index in [4.69, 9.17) is 5.11 Å². The van der Waals surface area contributed by atoms with Crippen molar-refractivity contribution < 1.29 is 19.4 Å². The van der Waals surface area contributed by atoms with Crippen LogP contribution in [0.2, 0.25) is 0 Å². The number of aromatic nitrogens is 1. The summed E-state index contributed by atoms with van der Waals surface area (Å²) in [6.07, 6.45) is 2.38. The number of benzene rings is 1. The highest BCUT2D eigenvalue weighted by molar-refractivity contribution is 5.92. The van der Waals surface area contributed by atoms with Crippen LogP contribution in [-0.2, 0) is 6.42 Å². The third-order valence-corrected chi connectivity index (χ3v) is 4.55. The van der Waals surface area contributed by atoms with Crippen LogP contribution in [0.5, 0.6) is 5.75 Å². The van der Waals surface area contributed by atoms with E-state index < -0.39 is 28.7 Å². The number of hydrogen-bond acceptors (Lipinski definition) is 4. The van der Waals surface area contributed by atoms with Crippen LogP contribution in [0.15, 0.2) is 23.0 Å². The van der Waals surface area contributed by atoms with Gasteiger partial charge in [0.25, 0.3) is 5.56 Å². The zero-order valence-corrected chi connectivity index (χ0v) is 15.8. The lowest BCUT2D eigenvalue weighted by molar-refractivity contribution is 0.0691. The van der Waals surface area contributed by atoms with Gasteiger partial charge < -0.3 is 20.1 Å². The van der Waals surface area contributed by atoms with Gasteiger partial charge in [-0.15, -0.1) is 0 Å². The average Bonchev–Trinajstić information content (AvgIpc) is 3.17. The summed E-state index contributed by atoms with van der Waals surface area (Å²) in [7, 11) is 0. The molecule has 6 nitrogen and oxygen atoms in total. The Kier molecular flexibility index (Phi) is 6.60. The molecule has 1 fully saturated rings. The number of pyridine rings is 1. The summed E-state index contributed by atoms with van der Waals surface area (Å²) < 4.78 is 14.7. The molecular weight excluding hydrogens is 351 g/mol. The summed E-state index contributed by atoms with van der Waals surface area (Å²) in [4.78, 5) is 27.7. The summed E-state index contributed by atoms with van der Waals surface area (Å²) in [5, 5.41) is 19.2. The van der Waals surface area contributed by atoms with Crippen molar-refractivity contribution in [1.29, 1.82) is 0 Å². The Hall–Kier alpha value is -2.83. The molecule has 0 saturated carbocycles. The first-order chi connectivity index (χ1) is 12.9. The van der Waals surface area contributed by atoms with Crippen molar-refractivity contribution in [3.63, 3.8) is 0 Å². The Bertz CT molecular complexity index is 886. The second-order valence-electron chi connectivity index (χ2n) is 6.05. The minimum Gasteiger partial charge on any atom is -0.506 e. The molecule has 0 spiro atoms. The summed E-state index contributed by atoms with van der Waals surface area (Å²) in [5.74, 6) is -2.67. The highest BCUT2D eigenvalue weighted by Gasteiger charge is 2.23. The van der Waals surface area contributed by atoms with E-state index in [9.17, 15) is 19.1 Å². The molecule has 1 aliphatic rings. The minimum absolute atomic E-state index is 0.112. The molecule has 0 radical (unpaired) electrons. The van der Waals surface area contributed by atoms with Gasteiger partial charge in [-0.05, 0) is 37.5 Å². The molecule has 27 heavy (non-hydrogen) atoms. The molecule has 3 N–H and O–H groups in total. The fourth-order valence-electron chi connectivity index (χ4n) is 3.28. The van der Waals surface area contributed by atoms with E-state index in [0.717, 1.165) is 31.6 Å². The number of aromatic carboxylic acids is 1. The van der Waals surface area contributed by atoms with Gasteiger partial charge in [0.2, 0.25) is 0 Å². The lowest BCUT2D eigenvalue weighted by Gasteiger charge is -2.19. The van der Waals surface area contributed by atoms with Crippen molar-refractivity contribution in [2.45, 2.75) is 40.0 Å². The molecule has 3 rings (SSSR count). The number of aromatic amines is 1. The number of halogens is 1. The molecule has 1 saturated heterocycles. The van der Waals surface area contributed by atoms with Crippen molar-refractivity contribution in [3.8, 4) is 17.0 Å². The van der Waals surface area contributed by atoms with Crippen molar-refractivity contribution in [2.75, 3.05) is 18.0 Å². The maximum absolute atomic E-state index is 14.7. The van der Waals surface area contributed by atoms with Crippen molar-refractivity contribution in [2.24, 2.45) is 0 Å². The molecule has 0 bridgehead atoms. The summed E-state index contributed by atoms with van der Waals surface area (Å²) in [5.41, 5.74) is -0.477. The molecular formula is C20H25FN2O4. The average molecular weight is 376 g/mol. The number of anilines is 1. The topological polar surface area (TPSA) is 93.6 Å². The van der Waals surface area contributed by atoms with Crippen LogP contribution in [0.25, 0.3) is 11.3 Å². The van der Waals surface area contributed by atoms with Gasteiger partial charge in [-0.1, -0.05) is 20.8 Å². The van der Waals surface area contributed by atoms with Gasteiger partial charge in [-0.25, -0.2) is 9.18 Å². The zero-order valence-electron chi connectivity index (χ0n) is 15.8. The maximum Gasteiger partial charge on any atom is 0.345 e. The van der Waals surface area contributed by atoms with Gasteiger partial charge in [0, 0.05) is 29.9 Å². The fourth-order valence-corrected chi connectivity index (χ4v) is 3.28. The SMILES string of the molecule is CC.CCc1c(-c2ccc(N3CCCC3)cc2F)[nH]c(=O)c(C(=O)O)c1O. The van der Waals surface area contributed by atoms with Gasteiger partial charge in [0.05, 0.1) is 5.69 Å². The normalized spacial score (nSPS) is 13.3. The quantitative estimate of drug-likeness (QED) is 0.755. The highest BCUT2D eigenvalue weighted by atomic mass is 19.1. The Morgan fingerprint density at radius 3 is 2.41 bits per heavy atom. The Labute approximate surface area is 157 Å². The number of carbonyl (C=O) groups is 1. The van der Waals surface area contributed by atoms with Crippen LogP contribution in [0, 0.1) is 5.82 Å². The molecule has 1 aromatic carbocycles. The van der Waals surface area contributed by atoms with Gasteiger partial charge in [0.15, 0.2) is 5.56 Å². The first-order valence-electron chi connectivity index (χ1n) is 9.20. The molecule has 2 aromatic rings. The number of nitrogens with zero attached hydrogens (tertiary/aromatic N) is 1. The number of nitrogens with one attached hydrogen (secondary N) is 1. The smallest absolute Gasteiger partial charge is 0.345 e. The molecule has 0 amide bonds. The monoisotopic (exact) mass is 376 g/mol. The van der Waals surface area contributed by atoms with E-state index >= 15 is 0 Å².